The first-order valence-electron chi connectivity index (χ1n) is 4.75. The van der Waals surface area contributed by atoms with E-state index in [0.29, 0.717) is 13.1 Å². The first kappa shape index (κ1) is 10.8. The van der Waals surface area contributed by atoms with Gasteiger partial charge in [0.1, 0.15) is 0 Å². The summed E-state index contributed by atoms with van der Waals surface area (Å²) in [4.78, 5) is 15.4. The fourth-order valence-electron chi connectivity index (χ4n) is 1.24. The molecule has 16 heavy (non-hydrogen) atoms. The van der Waals surface area contributed by atoms with Crippen LogP contribution in [0.3, 0.4) is 0 Å². The van der Waals surface area contributed by atoms with Gasteiger partial charge in [0, 0.05) is 25.5 Å². The molecule has 0 spiro atoms. The number of halogens is 1. The van der Waals surface area contributed by atoms with Crippen molar-refractivity contribution >= 4 is 17.5 Å². The van der Waals surface area contributed by atoms with E-state index in [-0.39, 0.29) is 16.9 Å². The Kier molecular flexibility index (Phi) is 3.26. The molecule has 0 unspecified atom stereocenters. The lowest BCUT2D eigenvalue weighted by Crippen LogP contribution is -2.26. The second-order valence-corrected chi connectivity index (χ2v) is 3.53. The summed E-state index contributed by atoms with van der Waals surface area (Å²) in [5, 5.41) is 2.92. The molecule has 0 saturated carbocycles. The summed E-state index contributed by atoms with van der Waals surface area (Å²) >= 11 is 5.56. The highest BCUT2D eigenvalue weighted by Gasteiger charge is 2.09. The number of carbonyl (C=O) groups excluding carboxylic acids is 1. The Bertz CT molecular complexity index is 464. The Balaban J connectivity index is 1.80. The number of hydrogen-bond donors (Lipinski definition) is 1. The summed E-state index contributed by atoms with van der Waals surface area (Å²) in [6.45, 7) is 1.17. The minimum atomic E-state index is -0.271. The average molecular weight is 240 g/mol. The molecule has 1 N–H and O–H groups in total. The average Bonchev–Trinajstić information content (AvgIpc) is 2.89. The Morgan fingerprint density at radius 1 is 1.56 bits per heavy atom. The zero-order valence-corrected chi connectivity index (χ0v) is 9.15. The van der Waals surface area contributed by atoms with Crippen molar-refractivity contribution in [2.24, 2.45) is 0 Å². The largest absolute Gasteiger partial charge is 0.440 e. The predicted molar refractivity (Wildman–Crippen MR) is 58.3 cm³/mol. The molecule has 0 aliphatic heterocycles. The van der Waals surface area contributed by atoms with Crippen molar-refractivity contribution in [3.8, 4) is 0 Å². The van der Waals surface area contributed by atoms with Crippen LogP contribution in [-0.4, -0.2) is 22.0 Å². The van der Waals surface area contributed by atoms with E-state index in [1.807, 2.05) is 10.8 Å². The van der Waals surface area contributed by atoms with Gasteiger partial charge in [-0.15, -0.1) is 0 Å². The fourth-order valence-corrected chi connectivity index (χ4v) is 1.39. The molecule has 0 aliphatic carbocycles. The standard InChI is InChI=1S/C10H10ClN3O2/c11-9-2-1-8(16-9)10(15)13-4-6-14-5-3-12-7-14/h1-3,5,7H,4,6H2,(H,13,15). The molecule has 2 rings (SSSR count). The number of carbonyl (C=O) groups is 1. The Morgan fingerprint density at radius 3 is 3.06 bits per heavy atom. The Labute approximate surface area is 97.0 Å². The van der Waals surface area contributed by atoms with E-state index in [9.17, 15) is 4.79 Å². The topological polar surface area (TPSA) is 60.1 Å². The quantitative estimate of drug-likeness (QED) is 0.881. The van der Waals surface area contributed by atoms with Crippen molar-refractivity contribution in [1.82, 2.24) is 14.9 Å². The van der Waals surface area contributed by atoms with Crippen LogP contribution in [0.1, 0.15) is 10.6 Å². The number of hydrogen-bond acceptors (Lipinski definition) is 3. The maximum Gasteiger partial charge on any atom is 0.287 e. The molecule has 0 bridgehead atoms. The monoisotopic (exact) mass is 239 g/mol. The number of nitrogens with zero attached hydrogens (tertiary/aromatic N) is 2. The maximum absolute atomic E-state index is 11.5. The van der Waals surface area contributed by atoms with Crippen LogP contribution in [0, 0.1) is 0 Å². The molecule has 0 aliphatic rings. The number of furan rings is 1. The molecule has 1 amide bonds. The molecule has 0 aromatic carbocycles. The molecule has 5 nitrogen and oxygen atoms in total. The number of imidazole rings is 1. The van der Waals surface area contributed by atoms with E-state index >= 15 is 0 Å². The predicted octanol–water partition coefficient (Wildman–Crippen LogP) is 1.56. The summed E-state index contributed by atoms with van der Waals surface area (Å²) in [6.07, 6.45) is 5.21. The van der Waals surface area contributed by atoms with Gasteiger partial charge in [-0.2, -0.15) is 0 Å². The third kappa shape index (κ3) is 2.64. The third-order valence-electron chi connectivity index (χ3n) is 2.01. The highest BCUT2D eigenvalue weighted by molar-refractivity contribution is 6.29. The molecule has 6 heteroatoms. The molecule has 0 saturated heterocycles. The molecule has 2 aromatic heterocycles. The molecular formula is C10H10ClN3O2. The van der Waals surface area contributed by atoms with Crippen LogP contribution < -0.4 is 5.32 Å². The van der Waals surface area contributed by atoms with E-state index in [1.165, 1.54) is 12.1 Å². The zero-order valence-electron chi connectivity index (χ0n) is 8.39. The van der Waals surface area contributed by atoms with Crippen molar-refractivity contribution in [2.75, 3.05) is 6.54 Å². The van der Waals surface area contributed by atoms with E-state index in [0.717, 1.165) is 0 Å². The van der Waals surface area contributed by atoms with Crippen LogP contribution in [0.5, 0.6) is 0 Å². The molecular weight excluding hydrogens is 230 g/mol. The molecule has 0 fully saturated rings. The molecule has 0 atom stereocenters. The Hall–Kier alpha value is -1.75. The first-order valence-corrected chi connectivity index (χ1v) is 5.13. The normalized spacial score (nSPS) is 10.3. The van der Waals surface area contributed by atoms with Gasteiger partial charge in [0.05, 0.1) is 6.33 Å². The van der Waals surface area contributed by atoms with Gasteiger partial charge in [-0.1, -0.05) is 0 Å². The highest BCUT2D eigenvalue weighted by Crippen LogP contribution is 2.12. The van der Waals surface area contributed by atoms with Gasteiger partial charge >= 0.3 is 0 Å². The number of rotatable bonds is 4. The van der Waals surface area contributed by atoms with Gasteiger partial charge in [-0.05, 0) is 23.7 Å². The van der Waals surface area contributed by atoms with Gasteiger partial charge in [0.2, 0.25) is 0 Å². The number of amides is 1. The summed E-state index contributed by atoms with van der Waals surface area (Å²) in [5.74, 6) is -0.0531. The lowest BCUT2D eigenvalue weighted by atomic mass is 10.4. The third-order valence-corrected chi connectivity index (χ3v) is 2.21. The van der Waals surface area contributed by atoms with Gasteiger partial charge < -0.3 is 14.3 Å². The minimum absolute atomic E-state index is 0.208. The highest BCUT2D eigenvalue weighted by atomic mass is 35.5. The molecule has 0 radical (unpaired) electrons. The number of nitrogens with one attached hydrogen (secondary N) is 1. The van der Waals surface area contributed by atoms with Crippen molar-refractivity contribution in [3.63, 3.8) is 0 Å². The second-order valence-electron chi connectivity index (χ2n) is 3.16. The summed E-state index contributed by atoms with van der Waals surface area (Å²) in [5.41, 5.74) is 0. The molecule has 2 heterocycles. The van der Waals surface area contributed by atoms with Crippen molar-refractivity contribution < 1.29 is 9.21 Å². The first-order chi connectivity index (χ1) is 7.75. The lowest BCUT2D eigenvalue weighted by Gasteiger charge is -2.03. The smallest absolute Gasteiger partial charge is 0.287 e. The van der Waals surface area contributed by atoms with Gasteiger partial charge in [0.25, 0.3) is 5.91 Å². The van der Waals surface area contributed by atoms with Crippen LogP contribution >= 0.6 is 11.6 Å². The number of aromatic nitrogens is 2. The van der Waals surface area contributed by atoms with Gasteiger partial charge in [-0.3, -0.25) is 4.79 Å². The fraction of sp³-hybridized carbons (Fsp3) is 0.200. The summed E-state index contributed by atoms with van der Waals surface area (Å²) < 4.78 is 6.84. The summed E-state index contributed by atoms with van der Waals surface area (Å²) in [6, 6.07) is 3.07. The van der Waals surface area contributed by atoms with Crippen LogP contribution in [0.15, 0.2) is 35.3 Å². The van der Waals surface area contributed by atoms with Crippen LogP contribution in [0.2, 0.25) is 5.22 Å². The summed E-state index contributed by atoms with van der Waals surface area (Å²) in [7, 11) is 0. The lowest BCUT2D eigenvalue weighted by molar-refractivity contribution is 0.0924. The van der Waals surface area contributed by atoms with Crippen molar-refractivity contribution in [3.05, 3.63) is 41.8 Å². The van der Waals surface area contributed by atoms with Crippen LogP contribution in [-0.2, 0) is 6.54 Å². The maximum atomic E-state index is 11.5. The van der Waals surface area contributed by atoms with Crippen molar-refractivity contribution in [2.45, 2.75) is 6.54 Å². The van der Waals surface area contributed by atoms with Gasteiger partial charge in [0.15, 0.2) is 11.0 Å². The minimum Gasteiger partial charge on any atom is -0.440 e. The van der Waals surface area contributed by atoms with Crippen molar-refractivity contribution in [1.29, 1.82) is 0 Å². The van der Waals surface area contributed by atoms with E-state index in [2.05, 4.69) is 10.3 Å². The van der Waals surface area contributed by atoms with Crippen LogP contribution in [0.4, 0.5) is 0 Å². The van der Waals surface area contributed by atoms with Crippen LogP contribution in [0.25, 0.3) is 0 Å². The second kappa shape index (κ2) is 4.85. The SMILES string of the molecule is O=C(NCCn1ccnc1)c1ccc(Cl)o1. The van der Waals surface area contributed by atoms with E-state index in [1.54, 1.807) is 12.5 Å². The van der Waals surface area contributed by atoms with Gasteiger partial charge in [-0.25, -0.2) is 4.98 Å². The van der Waals surface area contributed by atoms with E-state index < -0.39 is 0 Å². The zero-order chi connectivity index (χ0) is 11.4. The molecule has 84 valence electrons. The van der Waals surface area contributed by atoms with E-state index in [4.69, 9.17) is 16.0 Å². The molecule has 2 aromatic rings. The Morgan fingerprint density at radius 2 is 2.44 bits per heavy atom.